The van der Waals surface area contributed by atoms with Crippen LogP contribution in [0, 0.1) is 0 Å². The number of nitrogens with zero attached hydrogens (tertiary/aromatic N) is 2. The van der Waals surface area contributed by atoms with Crippen molar-refractivity contribution in [2.24, 2.45) is 0 Å². The highest BCUT2D eigenvalue weighted by Gasteiger charge is 2.41. The molecule has 4 aromatic rings. The van der Waals surface area contributed by atoms with E-state index in [1.54, 1.807) is 6.20 Å². The third kappa shape index (κ3) is 5.21. The van der Waals surface area contributed by atoms with E-state index in [1.807, 2.05) is 89.8 Å². The highest BCUT2D eigenvalue weighted by atomic mass is 35.5. The molecule has 0 radical (unpaired) electrons. The molecule has 1 saturated heterocycles. The molecule has 35 heavy (non-hydrogen) atoms. The highest BCUT2D eigenvalue weighted by Crippen LogP contribution is 2.40. The first-order valence-corrected chi connectivity index (χ1v) is 12.1. The summed E-state index contributed by atoms with van der Waals surface area (Å²) in [5.41, 5.74) is 2.54. The second-order valence-electron chi connectivity index (χ2n) is 8.19. The van der Waals surface area contributed by atoms with E-state index in [0.717, 1.165) is 28.5 Å². The Morgan fingerprint density at radius 3 is 2.54 bits per heavy atom. The fourth-order valence-electron chi connectivity index (χ4n) is 4.20. The van der Waals surface area contributed by atoms with E-state index in [9.17, 15) is 4.79 Å². The normalized spacial score (nSPS) is 17.3. The number of pyridine rings is 1. The van der Waals surface area contributed by atoms with Gasteiger partial charge in [-0.25, -0.2) is 0 Å². The van der Waals surface area contributed by atoms with Gasteiger partial charge in [0.25, 0.3) is 0 Å². The molecule has 176 valence electrons. The van der Waals surface area contributed by atoms with Gasteiger partial charge in [0.2, 0.25) is 5.91 Å². The van der Waals surface area contributed by atoms with Gasteiger partial charge in [-0.15, -0.1) is 0 Å². The summed E-state index contributed by atoms with van der Waals surface area (Å²) in [6.07, 6.45) is 2.03. The molecule has 1 fully saturated rings. The Kier molecular flexibility index (Phi) is 6.79. The van der Waals surface area contributed by atoms with Crippen LogP contribution in [0.1, 0.15) is 30.0 Å². The second-order valence-corrected chi connectivity index (χ2v) is 9.02. The standard InChI is InChI=1S/C27H23ClN4O2S/c28-19-11-9-18(10-12-19)22-13-14-23(34-22)26-25(21-8-4-5-16-29-21)31-27(35)32(26)17-15-24(33)30-20-6-2-1-3-7-20/h1-14,16,25-26H,15,17H2,(H,30,33)(H,31,35)/t25-,26+/m0/s1. The second kappa shape index (κ2) is 10.3. The summed E-state index contributed by atoms with van der Waals surface area (Å²) in [7, 11) is 0. The Labute approximate surface area is 213 Å². The minimum Gasteiger partial charge on any atom is -0.459 e. The maximum Gasteiger partial charge on any atom is 0.226 e. The van der Waals surface area contributed by atoms with Crippen LogP contribution in [0.4, 0.5) is 5.69 Å². The number of rotatable bonds is 7. The van der Waals surface area contributed by atoms with Crippen LogP contribution in [0.3, 0.4) is 0 Å². The third-order valence-electron chi connectivity index (χ3n) is 5.88. The molecule has 0 unspecified atom stereocenters. The number of hydrogen-bond acceptors (Lipinski definition) is 4. The summed E-state index contributed by atoms with van der Waals surface area (Å²) >= 11 is 11.7. The average molecular weight is 503 g/mol. The number of para-hydroxylation sites is 1. The van der Waals surface area contributed by atoms with Gasteiger partial charge in [0.05, 0.1) is 11.7 Å². The van der Waals surface area contributed by atoms with Gasteiger partial charge in [-0.3, -0.25) is 9.78 Å². The van der Waals surface area contributed by atoms with Crippen molar-refractivity contribution < 1.29 is 9.21 Å². The first kappa shape index (κ1) is 23.1. The van der Waals surface area contributed by atoms with Crippen molar-refractivity contribution >= 4 is 40.5 Å². The summed E-state index contributed by atoms with van der Waals surface area (Å²) < 4.78 is 6.31. The summed E-state index contributed by atoms with van der Waals surface area (Å²) in [6, 6.07) is 26.1. The monoisotopic (exact) mass is 502 g/mol. The maximum atomic E-state index is 12.6. The predicted molar refractivity (Wildman–Crippen MR) is 141 cm³/mol. The minimum absolute atomic E-state index is 0.0830. The number of furan rings is 1. The van der Waals surface area contributed by atoms with Gasteiger partial charge < -0.3 is 20.0 Å². The molecule has 2 N–H and O–H groups in total. The molecule has 2 aromatic heterocycles. The van der Waals surface area contributed by atoms with E-state index in [1.165, 1.54) is 0 Å². The van der Waals surface area contributed by atoms with Crippen molar-refractivity contribution in [2.45, 2.75) is 18.5 Å². The number of hydrogen-bond donors (Lipinski definition) is 2. The molecule has 8 heteroatoms. The average Bonchev–Trinajstić information content (AvgIpc) is 3.49. The van der Waals surface area contributed by atoms with Crippen LogP contribution in [0.5, 0.6) is 0 Å². The summed E-state index contributed by atoms with van der Waals surface area (Å²) in [4.78, 5) is 19.2. The van der Waals surface area contributed by atoms with Crippen LogP contribution in [-0.2, 0) is 4.79 Å². The number of thiocarbonyl (C=S) groups is 1. The van der Waals surface area contributed by atoms with Gasteiger partial charge in [-0.05, 0) is 72.9 Å². The van der Waals surface area contributed by atoms with Gasteiger partial charge >= 0.3 is 0 Å². The number of anilines is 1. The molecule has 0 saturated carbocycles. The van der Waals surface area contributed by atoms with Crippen LogP contribution >= 0.6 is 23.8 Å². The molecule has 2 aromatic carbocycles. The molecular weight excluding hydrogens is 480 g/mol. The number of carbonyl (C=O) groups is 1. The van der Waals surface area contributed by atoms with Gasteiger partial charge in [0.15, 0.2) is 5.11 Å². The van der Waals surface area contributed by atoms with Crippen molar-refractivity contribution in [1.29, 1.82) is 0 Å². The van der Waals surface area contributed by atoms with E-state index in [-0.39, 0.29) is 24.4 Å². The van der Waals surface area contributed by atoms with E-state index in [2.05, 4.69) is 15.6 Å². The molecule has 6 nitrogen and oxygen atoms in total. The molecule has 1 aliphatic heterocycles. The lowest BCUT2D eigenvalue weighted by Crippen LogP contribution is -2.32. The third-order valence-corrected chi connectivity index (χ3v) is 6.49. The van der Waals surface area contributed by atoms with Crippen molar-refractivity contribution in [1.82, 2.24) is 15.2 Å². The zero-order valence-corrected chi connectivity index (χ0v) is 20.3. The van der Waals surface area contributed by atoms with Crippen LogP contribution in [0.2, 0.25) is 5.02 Å². The molecule has 0 bridgehead atoms. The molecule has 2 atom stereocenters. The van der Waals surface area contributed by atoms with E-state index >= 15 is 0 Å². The number of nitrogens with one attached hydrogen (secondary N) is 2. The smallest absolute Gasteiger partial charge is 0.226 e. The summed E-state index contributed by atoms with van der Waals surface area (Å²) in [5.74, 6) is 1.39. The predicted octanol–water partition coefficient (Wildman–Crippen LogP) is 6.00. The van der Waals surface area contributed by atoms with Gasteiger partial charge in [0.1, 0.15) is 17.6 Å². The Morgan fingerprint density at radius 1 is 1.03 bits per heavy atom. The molecule has 0 spiro atoms. The first-order chi connectivity index (χ1) is 17.1. The summed E-state index contributed by atoms with van der Waals surface area (Å²) in [6.45, 7) is 0.426. The fourth-order valence-corrected chi connectivity index (χ4v) is 4.66. The molecule has 0 aliphatic carbocycles. The number of benzene rings is 2. The van der Waals surface area contributed by atoms with E-state index < -0.39 is 0 Å². The van der Waals surface area contributed by atoms with Crippen LogP contribution in [-0.4, -0.2) is 27.4 Å². The lowest BCUT2D eigenvalue weighted by molar-refractivity contribution is -0.116. The lowest BCUT2D eigenvalue weighted by atomic mass is 10.0. The number of amides is 1. The Bertz CT molecular complexity index is 1310. The molecule has 1 amide bonds. The van der Waals surface area contributed by atoms with E-state index in [0.29, 0.717) is 16.7 Å². The highest BCUT2D eigenvalue weighted by molar-refractivity contribution is 7.80. The fraction of sp³-hybridized carbons (Fsp3) is 0.148. The van der Waals surface area contributed by atoms with Crippen LogP contribution < -0.4 is 10.6 Å². The van der Waals surface area contributed by atoms with Gasteiger partial charge in [-0.2, -0.15) is 0 Å². The van der Waals surface area contributed by atoms with Crippen LogP contribution in [0.15, 0.2) is 95.5 Å². The van der Waals surface area contributed by atoms with Gasteiger partial charge in [0, 0.05) is 35.4 Å². The first-order valence-electron chi connectivity index (χ1n) is 11.3. The van der Waals surface area contributed by atoms with Crippen molar-refractivity contribution in [3.05, 3.63) is 108 Å². The molecule has 3 heterocycles. The topological polar surface area (TPSA) is 70.4 Å². The van der Waals surface area contributed by atoms with E-state index in [4.69, 9.17) is 28.2 Å². The quantitative estimate of drug-likeness (QED) is 0.302. The van der Waals surface area contributed by atoms with Crippen molar-refractivity contribution in [3.8, 4) is 11.3 Å². The zero-order valence-electron chi connectivity index (χ0n) is 18.7. The SMILES string of the molecule is O=C(CCN1C(=S)N[C@@H](c2ccccn2)[C@H]1c1ccc(-c2ccc(Cl)cc2)o1)Nc1ccccc1. The molecular formula is C27H23ClN4O2S. The maximum absolute atomic E-state index is 12.6. The lowest BCUT2D eigenvalue weighted by Gasteiger charge is -2.25. The Morgan fingerprint density at radius 2 is 1.80 bits per heavy atom. The zero-order chi connectivity index (χ0) is 24.2. The van der Waals surface area contributed by atoms with Gasteiger partial charge in [-0.1, -0.05) is 35.9 Å². The summed E-state index contributed by atoms with van der Waals surface area (Å²) in [5, 5.41) is 7.54. The van der Waals surface area contributed by atoms with Crippen molar-refractivity contribution in [2.75, 3.05) is 11.9 Å². The van der Waals surface area contributed by atoms with Crippen LogP contribution in [0.25, 0.3) is 11.3 Å². The molecule has 5 rings (SSSR count). The van der Waals surface area contributed by atoms with Crippen molar-refractivity contribution in [3.63, 3.8) is 0 Å². The Balaban J connectivity index is 1.40. The minimum atomic E-state index is -0.261. The largest absolute Gasteiger partial charge is 0.459 e. The Hall–Kier alpha value is -3.68. The number of aromatic nitrogens is 1. The number of carbonyl (C=O) groups excluding carboxylic acids is 1. The molecule has 1 aliphatic rings. The number of halogens is 1.